The van der Waals surface area contributed by atoms with Gasteiger partial charge in [-0.2, -0.15) is 0 Å². The highest BCUT2D eigenvalue weighted by Crippen LogP contribution is 2.24. The highest BCUT2D eigenvalue weighted by atomic mass is 19.1. The van der Waals surface area contributed by atoms with Crippen molar-refractivity contribution in [3.8, 4) is 0 Å². The maximum Gasteiger partial charge on any atom is 0.254 e. The van der Waals surface area contributed by atoms with Crippen molar-refractivity contribution in [1.82, 2.24) is 5.32 Å². The molecular formula is C18H17FN2O2. The first kappa shape index (κ1) is 15.2. The second-order valence-electron chi connectivity index (χ2n) is 5.60. The Kier molecular flexibility index (Phi) is 4.37. The molecule has 5 heteroatoms. The topological polar surface area (TPSA) is 49.4 Å². The number of amides is 2. The van der Waals surface area contributed by atoms with E-state index in [2.05, 4.69) is 5.32 Å². The lowest BCUT2D eigenvalue weighted by atomic mass is 10.1. The summed E-state index contributed by atoms with van der Waals surface area (Å²) < 4.78 is 13.6. The summed E-state index contributed by atoms with van der Waals surface area (Å²) in [5.41, 5.74) is 0.886. The molecule has 0 radical (unpaired) electrons. The lowest BCUT2D eigenvalue weighted by molar-refractivity contribution is -0.117. The van der Waals surface area contributed by atoms with Crippen molar-refractivity contribution in [1.29, 1.82) is 0 Å². The van der Waals surface area contributed by atoms with Gasteiger partial charge in [-0.25, -0.2) is 4.39 Å². The minimum absolute atomic E-state index is 0.0248. The summed E-state index contributed by atoms with van der Waals surface area (Å²) in [5, 5.41) is 2.72. The number of para-hydroxylation sites is 1. The smallest absolute Gasteiger partial charge is 0.254 e. The summed E-state index contributed by atoms with van der Waals surface area (Å²) in [4.78, 5) is 25.8. The molecule has 23 heavy (non-hydrogen) atoms. The Morgan fingerprint density at radius 2 is 1.83 bits per heavy atom. The number of halogens is 1. The SMILES string of the molecule is O=C(NC[C@@H]1CC(=O)N(c2ccccc2)C1)c1ccccc1F. The highest BCUT2D eigenvalue weighted by Gasteiger charge is 2.30. The molecule has 1 heterocycles. The number of hydrogen-bond donors (Lipinski definition) is 1. The summed E-state index contributed by atoms with van der Waals surface area (Å²) in [5.74, 6) is -0.924. The third-order valence-corrected chi connectivity index (χ3v) is 3.94. The molecule has 1 aliphatic rings. The van der Waals surface area contributed by atoms with Crippen molar-refractivity contribution >= 4 is 17.5 Å². The second kappa shape index (κ2) is 6.60. The molecule has 1 aliphatic heterocycles. The molecule has 3 rings (SSSR count). The molecule has 2 aromatic rings. The normalized spacial score (nSPS) is 17.3. The van der Waals surface area contributed by atoms with E-state index in [0.717, 1.165) is 5.69 Å². The van der Waals surface area contributed by atoms with Crippen molar-refractivity contribution in [3.05, 3.63) is 66.0 Å². The molecule has 4 nitrogen and oxygen atoms in total. The van der Waals surface area contributed by atoms with Crippen LogP contribution in [-0.4, -0.2) is 24.9 Å². The van der Waals surface area contributed by atoms with E-state index in [9.17, 15) is 14.0 Å². The Labute approximate surface area is 133 Å². The van der Waals surface area contributed by atoms with Gasteiger partial charge in [0.2, 0.25) is 5.91 Å². The minimum atomic E-state index is -0.543. The van der Waals surface area contributed by atoms with Gasteiger partial charge < -0.3 is 10.2 Å². The van der Waals surface area contributed by atoms with Gasteiger partial charge in [-0.05, 0) is 24.3 Å². The average molecular weight is 312 g/mol. The van der Waals surface area contributed by atoms with E-state index in [1.54, 1.807) is 17.0 Å². The first-order chi connectivity index (χ1) is 11.1. The third kappa shape index (κ3) is 3.39. The van der Waals surface area contributed by atoms with Crippen molar-refractivity contribution in [2.24, 2.45) is 5.92 Å². The molecule has 1 fully saturated rings. The molecule has 1 N–H and O–H groups in total. The average Bonchev–Trinajstić information content (AvgIpc) is 2.95. The molecular weight excluding hydrogens is 295 g/mol. The fraction of sp³-hybridized carbons (Fsp3) is 0.222. The van der Waals surface area contributed by atoms with Crippen LogP contribution in [0.15, 0.2) is 54.6 Å². The van der Waals surface area contributed by atoms with Gasteiger partial charge in [0.1, 0.15) is 5.82 Å². The molecule has 0 unspecified atom stereocenters. The molecule has 0 saturated carbocycles. The Morgan fingerprint density at radius 1 is 1.13 bits per heavy atom. The predicted molar refractivity (Wildman–Crippen MR) is 85.6 cm³/mol. The van der Waals surface area contributed by atoms with Crippen molar-refractivity contribution in [2.45, 2.75) is 6.42 Å². The van der Waals surface area contributed by atoms with Crippen molar-refractivity contribution in [2.75, 3.05) is 18.0 Å². The van der Waals surface area contributed by atoms with Crippen LogP contribution < -0.4 is 10.2 Å². The first-order valence-electron chi connectivity index (χ1n) is 7.53. The van der Waals surface area contributed by atoms with Gasteiger partial charge in [0.15, 0.2) is 0 Å². The Morgan fingerprint density at radius 3 is 2.57 bits per heavy atom. The molecule has 0 bridgehead atoms. The van der Waals surface area contributed by atoms with E-state index in [1.165, 1.54) is 12.1 Å². The van der Waals surface area contributed by atoms with Crippen LogP contribution in [-0.2, 0) is 4.79 Å². The predicted octanol–water partition coefficient (Wildman–Crippen LogP) is 2.61. The first-order valence-corrected chi connectivity index (χ1v) is 7.53. The van der Waals surface area contributed by atoms with Gasteiger partial charge in [-0.3, -0.25) is 9.59 Å². The summed E-state index contributed by atoms with van der Waals surface area (Å²) in [6.45, 7) is 0.905. The number of rotatable bonds is 4. The van der Waals surface area contributed by atoms with Crippen LogP contribution in [0.1, 0.15) is 16.8 Å². The molecule has 1 atom stereocenters. The third-order valence-electron chi connectivity index (χ3n) is 3.94. The quantitative estimate of drug-likeness (QED) is 0.943. The maximum absolute atomic E-state index is 13.6. The van der Waals surface area contributed by atoms with Crippen LogP contribution in [0.3, 0.4) is 0 Å². The number of hydrogen-bond acceptors (Lipinski definition) is 2. The van der Waals surface area contributed by atoms with E-state index >= 15 is 0 Å². The monoisotopic (exact) mass is 312 g/mol. The van der Waals surface area contributed by atoms with Crippen LogP contribution in [0.5, 0.6) is 0 Å². The zero-order valence-electron chi connectivity index (χ0n) is 12.5. The summed E-state index contributed by atoms with van der Waals surface area (Å²) in [7, 11) is 0. The van der Waals surface area contributed by atoms with Gasteiger partial charge in [-0.1, -0.05) is 30.3 Å². The van der Waals surface area contributed by atoms with Crippen LogP contribution in [0, 0.1) is 11.7 Å². The number of anilines is 1. The largest absolute Gasteiger partial charge is 0.352 e. The molecule has 0 spiro atoms. The van der Waals surface area contributed by atoms with E-state index in [4.69, 9.17) is 0 Å². The number of nitrogens with one attached hydrogen (secondary N) is 1. The molecule has 118 valence electrons. The molecule has 1 saturated heterocycles. The minimum Gasteiger partial charge on any atom is -0.352 e. The van der Waals surface area contributed by atoms with Gasteiger partial charge in [-0.15, -0.1) is 0 Å². The summed E-state index contributed by atoms with van der Waals surface area (Å²) in [6, 6.07) is 15.3. The second-order valence-corrected chi connectivity index (χ2v) is 5.60. The van der Waals surface area contributed by atoms with Crippen LogP contribution in [0.2, 0.25) is 0 Å². The molecule has 0 aliphatic carbocycles. The lowest BCUT2D eigenvalue weighted by Crippen LogP contribution is -2.31. The van der Waals surface area contributed by atoms with Gasteiger partial charge >= 0.3 is 0 Å². The van der Waals surface area contributed by atoms with Crippen LogP contribution in [0.25, 0.3) is 0 Å². The van der Waals surface area contributed by atoms with Crippen molar-refractivity contribution < 1.29 is 14.0 Å². The van der Waals surface area contributed by atoms with E-state index < -0.39 is 11.7 Å². The fourth-order valence-corrected chi connectivity index (χ4v) is 2.75. The number of nitrogens with zero attached hydrogens (tertiary/aromatic N) is 1. The van der Waals surface area contributed by atoms with E-state index in [0.29, 0.717) is 19.5 Å². The van der Waals surface area contributed by atoms with Crippen LogP contribution >= 0.6 is 0 Å². The number of carbonyl (C=O) groups excluding carboxylic acids is 2. The standard InChI is InChI=1S/C18H17FN2O2/c19-16-9-5-4-8-15(16)18(23)20-11-13-10-17(22)21(12-13)14-6-2-1-3-7-14/h1-9,13H,10-12H2,(H,20,23)/t13-/m0/s1. The Bertz CT molecular complexity index is 718. The Hall–Kier alpha value is -2.69. The number of carbonyl (C=O) groups is 2. The van der Waals surface area contributed by atoms with Gasteiger partial charge in [0.05, 0.1) is 5.56 Å². The lowest BCUT2D eigenvalue weighted by Gasteiger charge is -2.16. The van der Waals surface area contributed by atoms with Crippen LogP contribution in [0.4, 0.5) is 10.1 Å². The fourth-order valence-electron chi connectivity index (χ4n) is 2.75. The zero-order chi connectivity index (χ0) is 16.2. The van der Waals surface area contributed by atoms with Gasteiger partial charge in [0, 0.05) is 31.1 Å². The number of benzene rings is 2. The Balaban J connectivity index is 1.59. The van der Waals surface area contributed by atoms with E-state index in [-0.39, 0.29) is 17.4 Å². The molecule has 2 aromatic carbocycles. The zero-order valence-corrected chi connectivity index (χ0v) is 12.5. The van der Waals surface area contributed by atoms with E-state index in [1.807, 2.05) is 30.3 Å². The summed E-state index contributed by atoms with van der Waals surface area (Å²) in [6.07, 6.45) is 0.381. The molecule has 2 amide bonds. The molecule has 0 aromatic heterocycles. The van der Waals surface area contributed by atoms with Gasteiger partial charge in [0.25, 0.3) is 5.91 Å². The maximum atomic E-state index is 13.6. The van der Waals surface area contributed by atoms with Crippen molar-refractivity contribution in [3.63, 3.8) is 0 Å². The summed E-state index contributed by atoms with van der Waals surface area (Å²) >= 11 is 0. The highest BCUT2D eigenvalue weighted by molar-refractivity contribution is 5.96.